The molecule has 14 heavy (non-hydrogen) atoms. The molecule has 0 spiro atoms. The topological polar surface area (TPSA) is 55.8 Å². The molecule has 1 N–H and O–H groups in total. The van der Waals surface area contributed by atoms with Crippen molar-refractivity contribution in [2.75, 3.05) is 0 Å². The number of hydrogen-bond donors (Lipinski definition) is 1. The van der Waals surface area contributed by atoms with E-state index in [1.165, 1.54) is 0 Å². The molecule has 0 amide bonds. The Morgan fingerprint density at radius 3 is 1.71 bits per heavy atom. The molecule has 0 rings (SSSR count). The molecule has 0 heterocycles. The van der Waals surface area contributed by atoms with Crippen molar-refractivity contribution in [3.63, 3.8) is 0 Å². The minimum Gasteiger partial charge on any atom is -0.477 e. The summed E-state index contributed by atoms with van der Waals surface area (Å²) < 4.78 is 10.4. The minimum absolute atomic E-state index is 0.0971. The average Bonchev–Trinajstić information content (AvgIpc) is 2.16. The number of aliphatic carboxylic acids is 1. The van der Waals surface area contributed by atoms with Crippen LogP contribution in [0.2, 0.25) is 0 Å². The zero-order chi connectivity index (χ0) is 11.1. The maximum Gasteiger partial charge on any atom is 0.361 e. The quantitative estimate of drug-likeness (QED) is 0.645. The summed E-state index contributed by atoms with van der Waals surface area (Å²) in [6, 6.07) is 0. The van der Waals surface area contributed by atoms with Gasteiger partial charge in [0.05, 0.1) is 12.2 Å². The third-order valence-corrected chi connectivity index (χ3v) is 2.06. The second kappa shape index (κ2) is 6.79. The van der Waals surface area contributed by atoms with Gasteiger partial charge < -0.3 is 14.6 Å². The molecule has 0 bridgehead atoms. The maximum absolute atomic E-state index is 10.8. The van der Waals surface area contributed by atoms with E-state index in [4.69, 9.17) is 14.6 Å². The maximum atomic E-state index is 10.8. The van der Waals surface area contributed by atoms with E-state index >= 15 is 0 Å². The summed E-state index contributed by atoms with van der Waals surface area (Å²) in [6.07, 6.45) is 0.210. The molecule has 2 unspecified atom stereocenters. The minimum atomic E-state index is -1.14. The highest BCUT2D eigenvalue weighted by atomic mass is 16.7. The normalized spacial score (nSPS) is 17.4. The van der Waals surface area contributed by atoms with Crippen LogP contribution in [0.3, 0.4) is 0 Å². The van der Waals surface area contributed by atoms with Crippen LogP contribution in [0, 0.1) is 0 Å². The van der Waals surface area contributed by atoms with Crippen LogP contribution in [-0.2, 0) is 14.3 Å². The van der Waals surface area contributed by atoms with Gasteiger partial charge in [-0.25, -0.2) is 4.79 Å². The van der Waals surface area contributed by atoms with Crippen molar-refractivity contribution in [3.8, 4) is 0 Å². The Labute approximate surface area is 85.2 Å². The van der Waals surface area contributed by atoms with Gasteiger partial charge in [0.25, 0.3) is 6.29 Å². The van der Waals surface area contributed by atoms with Crippen LogP contribution in [0.1, 0.15) is 40.5 Å². The summed E-state index contributed by atoms with van der Waals surface area (Å²) in [7, 11) is 0. The smallest absolute Gasteiger partial charge is 0.361 e. The molecule has 2 atom stereocenters. The van der Waals surface area contributed by atoms with Crippen molar-refractivity contribution in [1.82, 2.24) is 0 Å². The van der Waals surface area contributed by atoms with E-state index in [0.717, 1.165) is 12.8 Å². The summed E-state index contributed by atoms with van der Waals surface area (Å²) >= 11 is 0. The van der Waals surface area contributed by atoms with Crippen LogP contribution in [-0.4, -0.2) is 29.6 Å². The summed E-state index contributed by atoms with van der Waals surface area (Å²) in [5.74, 6) is -1.06. The van der Waals surface area contributed by atoms with E-state index in [9.17, 15) is 4.79 Å². The number of hydrogen-bond acceptors (Lipinski definition) is 3. The van der Waals surface area contributed by atoms with Crippen LogP contribution < -0.4 is 0 Å². The van der Waals surface area contributed by atoms with Gasteiger partial charge in [-0.1, -0.05) is 13.8 Å². The van der Waals surface area contributed by atoms with E-state index in [1.807, 2.05) is 27.7 Å². The summed E-state index contributed by atoms with van der Waals surface area (Å²) in [6.45, 7) is 7.53. The van der Waals surface area contributed by atoms with Crippen LogP contribution in [0.15, 0.2) is 0 Å². The molecule has 0 saturated carbocycles. The summed E-state index contributed by atoms with van der Waals surface area (Å²) in [5.41, 5.74) is 0. The lowest BCUT2D eigenvalue weighted by Crippen LogP contribution is -2.33. The molecule has 0 fully saturated rings. The number of carboxylic acids is 1. The molecule has 0 aliphatic rings. The van der Waals surface area contributed by atoms with Crippen LogP contribution in [0.25, 0.3) is 0 Å². The van der Waals surface area contributed by atoms with Crippen molar-refractivity contribution < 1.29 is 19.4 Å². The zero-order valence-electron chi connectivity index (χ0n) is 9.32. The molecular formula is C10H20O4. The largest absolute Gasteiger partial charge is 0.477 e. The standard InChI is InChI=1S/C10H20O4/c1-5-7(3)13-10(9(11)12)14-8(4)6-2/h7-8,10H,5-6H2,1-4H3,(H,11,12). The molecular weight excluding hydrogens is 184 g/mol. The summed E-state index contributed by atoms with van der Waals surface area (Å²) in [4.78, 5) is 10.8. The van der Waals surface area contributed by atoms with Gasteiger partial charge in [-0.2, -0.15) is 0 Å². The molecule has 4 heteroatoms. The van der Waals surface area contributed by atoms with Gasteiger partial charge in [-0.15, -0.1) is 0 Å². The fourth-order valence-corrected chi connectivity index (χ4v) is 0.763. The Balaban J connectivity index is 4.09. The molecule has 0 aromatic heterocycles. The second-order valence-electron chi connectivity index (χ2n) is 3.38. The first-order valence-corrected chi connectivity index (χ1v) is 5.04. The molecule has 0 radical (unpaired) electrons. The first-order chi connectivity index (χ1) is 6.51. The SMILES string of the molecule is CCC(C)OC(OC(C)CC)C(=O)O. The highest BCUT2D eigenvalue weighted by molar-refractivity contribution is 5.70. The van der Waals surface area contributed by atoms with Gasteiger partial charge in [0, 0.05) is 0 Å². The van der Waals surface area contributed by atoms with Crippen molar-refractivity contribution >= 4 is 5.97 Å². The Morgan fingerprint density at radius 1 is 1.14 bits per heavy atom. The van der Waals surface area contributed by atoms with Crippen molar-refractivity contribution in [1.29, 1.82) is 0 Å². The van der Waals surface area contributed by atoms with Crippen LogP contribution in [0.5, 0.6) is 0 Å². The van der Waals surface area contributed by atoms with Crippen molar-refractivity contribution in [3.05, 3.63) is 0 Å². The van der Waals surface area contributed by atoms with E-state index in [1.54, 1.807) is 0 Å². The molecule has 4 nitrogen and oxygen atoms in total. The average molecular weight is 204 g/mol. The number of carbonyl (C=O) groups is 1. The van der Waals surface area contributed by atoms with Crippen molar-refractivity contribution in [2.24, 2.45) is 0 Å². The first kappa shape index (κ1) is 13.4. The van der Waals surface area contributed by atoms with Gasteiger partial charge in [0.15, 0.2) is 0 Å². The van der Waals surface area contributed by atoms with Gasteiger partial charge in [0.1, 0.15) is 0 Å². The zero-order valence-corrected chi connectivity index (χ0v) is 9.32. The molecule has 0 saturated heterocycles. The van der Waals surface area contributed by atoms with Gasteiger partial charge in [0.2, 0.25) is 0 Å². The molecule has 0 aliphatic carbocycles. The van der Waals surface area contributed by atoms with Gasteiger partial charge >= 0.3 is 5.97 Å². The first-order valence-electron chi connectivity index (χ1n) is 5.04. The molecule has 84 valence electrons. The highest BCUT2D eigenvalue weighted by Crippen LogP contribution is 2.08. The van der Waals surface area contributed by atoms with Crippen molar-refractivity contribution in [2.45, 2.75) is 59.0 Å². The van der Waals surface area contributed by atoms with E-state index < -0.39 is 12.3 Å². The number of ether oxygens (including phenoxy) is 2. The predicted octanol–water partition coefficient (Wildman–Crippen LogP) is 2.03. The molecule has 0 aliphatic heterocycles. The lowest BCUT2D eigenvalue weighted by Gasteiger charge is -2.21. The fourth-order valence-electron chi connectivity index (χ4n) is 0.763. The third kappa shape index (κ3) is 5.19. The summed E-state index contributed by atoms with van der Waals surface area (Å²) in [5, 5.41) is 8.81. The predicted molar refractivity (Wildman–Crippen MR) is 53.1 cm³/mol. The highest BCUT2D eigenvalue weighted by Gasteiger charge is 2.22. The fraction of sp³-hybridized carbons (Fsp3) is 0.900. The van der Waals surface area contributed by atoms with E-state index in [2.05, 4.69) is 0 Å². The van der Waals surface area contributed by atoms with Gasteiger partial charge in [-0.05, 0) is 26.7 Å². The third-order valence-electron chi connectivity index (χ3n) is 2.06. The van der Waals surface area contributed by atoms with Crippen LogP contribution in [0.4, 0.5) is 0 Å². The Morgan fingerprint density at radius 2 is 1.50 bits per heavy atom. The van der Waals surface area contributed by atoms with Gasteiger partial charge in [-0.3, -0.25) is 0 Å². The Bertz CT molecular complexity index is 158. The lowest BCUT2D eigenvalue weighted by molar-refractivity contribution is -0.210. The van der Waals surface area contributed by atoms with E-state index in [-0.39, 0.29) is 12.2 Å². The molecule has 0 aromatic carbocycles. The number of carboxylic acid groups (broad SMARTS) is 1. The lowest BCUT2D eigenvalue weighted by atomic mass is 10.3. The second-order valence-corrected chi connectivity index (χ2v) is 3.38. The Kier molecular flexibility index (Phi) is 6.49. The Hall–Kier alpha value is -0.610. The monoisotopic (exact) mass is 204 g/mol. The van der Waals surface area contributed by atoms with Crippen LogP contribution >= 0.6 is 0 Å². The number of rotatable bonds is 7. The van der Waals surface area contributed by atoms with E-state index in [0.29, 0.717) is 0 Å². The molecule has 0 aromatic rings.